The summed E-state index contributed by atoms with van der Waals surface area (Å²) >= 11 is 6.91. The van der Waals surface area contributed by atoms with Crippen LogP contribution in [0, 0.1) is 20.8 Å². The van der Waals surface area contributed by atoms with Crippen LogP contribution in [0.4, 0.5) is 5.69 Å². The van der Waals surface area contributed by atoms with Crippen molar-refractivity contribution >= 4 is 49.1 Å². The number of hydrogen-bond donors (Lipinski definition) is 1. The summed E-state index contributed by atoms with van der Waals surface area (Å²) in [6.07, 6.45) is 1.87. The molecule has 118 valence electrons. The summed E-state index contributed by atoms with van der Waals surface area (Å²) in [6, 6.07) is 7.75. The summed E-state index contributed by atoms with van der Waals surface area (Å²) in [4.78, 5) is 17.3. The number of aromatic nitrogens is 2. The number of nitrogens with zero attached hydrogens (tertiary/aromatic N) is 2. The first-order valence-electron chi connectivity index (χ1n) is 7.09. The van der Waals surface area contributed by atoms with E-state index < -0.39 is 0 Å². The summed E-state index contributed by atoms with van der Waals surface area (Å²) in [7, 11) is 0. The first-order chi connectivity index (χ1) is 10.9. The van der Waals surface area contributed by atoms with E-state index in [-0.39, 0.29) is 5.91 Å². The standard InChI is InChI=1S/C17H15Br2N3O/c1-9-6-12(18)4-5-14(9)21-17(23)15-11(3)20-16-10(2)7-13(19)8-22(15)16/h4-8H,1-3H3,(H,21,23). The number of fused-ring (bicyclic) bond motifs is 1. The van der Waals surface area contributed by atoms with E-state index in [9.17, 15) is 4.79 Å². The maximum absolute atomic E-state index is 12.8. The number of anilines is 1. The molecule has 0 saturated carbocycles. The molecule has 4 nitrogen and oxygen atoms in total. The van der Waals surface area contributed by atoms with Gasteiger partial charge < -0.3 is 5.32 Å². The Bertz CT molecular complexity index is 931. The number of pyridine rings is 1. The molecule has 0 unspecified atom stereocenters. The number of carbonyl (C=O) groups excluding carboxylic acids is 1. The molecule has 1 aromatic carbocycles. The fourth-order valence-corrected chi connectivity index (χ4v) is 3.63. The van der Waals surface area contributed by atoms with E-state index >= 15 is 0 Å². The van der Waals surface area contributed by atoms with Crippen LogP contribution in [0.5, 0.6) is 0 Å². The van der Waals surface area contributed by atoms with Crippen molar-refractivity contribution in [2.45, 2.75) is 20.8 Å². The molecule has 2 aromatic heterocycles. The molecule has 3 aromatic rings. The summed E-state index contributed by atoms with van der Waals surface area (Å²) in [6.45, 7) is 5.79. The molecule has 3 rings (SSSR count). The number of aryl methyl sites for hydroxylation is 3. The number of nitrogens with one attached hydrogen (secondary N) is 1. The smallest absolute Gasteiger partial charge is 0.274 e. The third-order valence-corrected chi connectivity index (χ3v) is 4.62. The van der Waals surface area contributed by atoms with E-state index in [1.165, 1.54) is 0 Å². The maximum atomic E-state index is 12.8. The number of halogens is 2. The number of hydrogen-bond acceptors (Lipinski definition) is 2. The van der Waals surface area contributed by atoms with Crippen LogP contribution in [0.1, 0.15) is 27.3 Å². The zero-order valence-corrected chi connectivity index (χ0v) is 16.1. The van der Waals surface area contributed by atoms with E-state index in [0.717, 1.165) is 31.4 Å². The number of rotatable bonds is 2. The lowest BCUT2D eigenvalue weighted by Crippen LogP contribution is -2.16. The number of amides is 1. The summed E-state index contributed by atoms with van der Waals surface area (Å²) in [5, 5.41) is 2.98. The van der Waals surface area contributed by atoms with Gasteiger partial charge in [0.2, 0.25) is 0 Å². The topological polar surface area (TPSA) is 46.4 Å². The van der Waals surface area contributed by atoms with Gasteiger partial charge in [0.25, 0.3) is 5.91 Å². The van der Waals surface area contributed by atoms with Gasteiger partial charge in [-0.2, -0.15) is 0 Å². The van der Waals surface area contributed by atoms with Gasteiger partial charge in [-0.05, 0) is 72.1 Å². The predicted octanol–water partition coefficient (Wildman–Crippen LogP) is 5.04. The third-order valence-electron chi connectivity index (χ3n) is 3.70. The highest BCUT2D eigenvalue weighted by Gasteiger charge is 2.18. The minimum atomic E-state index is -0.169. The molecule has 1 amide bonds. The summed E-state index contributed by atoms with van der Waals surface area (Å²) in [5.41, 5.74) is 4.85. The molecule has 0 saturated heterocycles. The molecule has 2 heterocycles. The van der Waals surface area contributed by atoms with E-state index in [0.29, 0.717) is 11.4 Å². The van der Waals surface area contributed by atoms with Crippen LogP contribution < -0.4 is 5.32 Å². The second-order valence-electron chi connectivity index (χ2n) is 5.49. The minimum Gasteiger partial charge on any atom is -0.320 e. The zero-order chi connectivity index (χ0) is 16.7. The normalized spacial score (nSPS) is 11.0. The van der Waals surface area contributed by atoms with Crippen LogP contribution in [0.2, 0.25) is 0 Å². The Morgan fingerprint density at radius 2 is 1.78 bits per heavy atom. The molecule has 23 heavy (non-hydrogen) atoms. The highest BCUT2D eigenvalue weighted by Crippen LogP contribution is 2.23. The quantitative estimate of drug-likeness (QED) is 0.611. The van der Waals surface area contributed by atoms with Gasteiger partial charge in [0.05, 0.1) is 5.69 Å². The Hall–Kier alpha value is -1.66. The fraction of sp³-hybridized carbons (Fsp3) is 0.176. The van der Waals surface area contributed by atoms with Crippen molar-refractivity contribution in [1.82, 2.24) is 9.38 Å². The fourth-order valence-electron chi connectivity index (χ4n) is 2.60. The molecule has 6 heteroatoms. The van der Waals surface area contributed by atoms with Gasteiger partial charge in [-0.3, -0.25) is 9.20 Å². The number of carbonyl (C=O) groups is 1. The van der Waals surface area contributed by atoms with Gasteiger partial charge in [0.15, 0.2) is 0 Å². The lowest BCUT2D eigenvalue weighted by molar-refractivity contribution is 0.102. The number of imidazole rings is 1. The molecule has 0 aliphatic heterocycles. The highest BCUT2D eigenvalue weighted by molar-refractivity contribution is 9.10. The van der Waals surface area contributed by atoms with Gasteiger partial charge in [-0.25, -0.2) is 4.98 Å². The molecule has 0 aliphatic rings. The summed E-state index contributed by atoms with van der Waals surface area (Å²) in [5.74, 6) is -0.169. The third kappa shape index (κ3) is 3.05. The lowest BCUT2D eigenvalue weighted by atomic mass is 10.2. The number of benzene rings is 1. The molecule has 0 radical (unpaired) electrons. The Morgan fingerprint density at radius 3 is 2.48 bits per heavy atom. The van der Waals surface area contributed by atoms with Crippen molar-refractivity contribution < 1.29 is 4.79 Å². The Morgan fingerprint density at radius 1 is 1.09 bits per heavy atom. The van der Waals surface area contributed by atoms with Crippen molar-refractivity contribution in [1.29, 1.82) is 0 Å². The SMILES string of the molecule is Cc1cc(Br)ccc1NC(=O)c1c(C)nc2c(C)cc(Br)cn12. The van der Waals surface area contributed by atoms with Gasteiger partial charge in [-0.15, -0.1) is 0 Å². The molecule has 0 spiro atoms. The largest absolute Gasteiger partial charge is 0.320 e. The maximum Gasteiger partial charge on any atom is 0.274 e. The Balaban J connectivity index is 2.06. The van der Waals surface area contributed by atoms with Gasteiger partial charge >= 0.3 is 0 Å². The second kappa shape index (κ2) is 6.09. The zero-order valence-electron chi connectivity index (χ0n) is 12.9. The molecular formula is C17H15Br2N3O. The lowest BCUT2D eigenvalue weighted by Gasteiger charge is -2.10. The average Bonchev–Trinajstić information content (AvgIpc) is 2.78. The van der Waals surface area contributed by atoms with Crippen molar-refractivity contribution in [2.75, 3.05) is 5.32 Å². The van der Waals surface area contributed by atoms with Gasteiger partial charge in [0, 0.05) is 20.8 Å². The van der Waals surface area contributed by atoms with Crippen LogP contribution in [0.3, 0.4) is 0 Å². The van der Waals surface area contributed by atoms with Gasteiger partial charge in [-0.1, -0.05) is 15.9 Å². The van der Waals surface area contributed by atoms with Crippen molar-refractivity contribution in [3.63, 3.8) is 0 Å². The monoisotopic (exact) mass is 435 g/mol. The van der Waals surface area contributed by atoms with Gasteiger partial charge in [0.1, 0.15) is 11.3 Å². The van der Waals surface area contributed by atoms with E-state index in [1.807, 2.05) is 55.6 Å². The highest BCUT2D eigenvalue weighted by atomic mass is 79.9. The first kappa shape index (κ1) is 16.2. The van der Waals surface area contributed by atoms with E-state index in [4.69, 9.17) is 0 Å². The Labute approximate surface area is 151 Å². The van der Waals surface area contributed by atoms with Crippen LogP contribution in [0.15, 0.2) is 39.4 Å². The molecule has 0 bridgehead atoms. The molecule has 1 N–H and O–H groups in total. The minimum absolute atomic E-state index is 0.169. The van der Waals surface area contributed by atoms with Crippen LogP contribution in [-0.4, -0.2) is 15.3 Å². The summed E-state index contributed by atoms with van der Waals surface area (Å²) < 4.78 is 3.73. The molecular weight excluding hydrogens is 422 g/mol. The van der Waals surface area contributed by atoms with Crippen LogP contribution in [0.25, 0.3) is 5.65 Å². The van der Waals surface area contributed by atoms with E-state index in [1.54, 1.807) is 0 Å². The Kier molecular flexibility index (Phi) is 4.29. The predicted molar refractivity (Wildman–Crippen MR) is 99.2 cm³/mol. The molecule has 0 atom stereocenters. The van der Waals surface area contributed by atoms with Crippen molar-refractivity contribution in [2.24, 2.45) is 0 Å². The molecule has 0 aliphatic carbocycles. The van der Waals surface area contributed by atoms with Crippen LogP contribution in [-0.2, 0) is 0 Å². The second-order valence-corrected chi connectivity index (χ2v) is 7.33. The van der Waals surface area contributed by atoms with Crippen molar-refractivity contribution in [3.05, 3.63) is 61.9 Å². The van der Waals surface area contributed by atoms with Crippen molar-refractivity contribution in [3.8, 4) is 0 Å². The van der Waals surface area contributed by atoms with Crippen LogP contribution >= 0.6 is 31.9 Å². The van der Waals surface area contributed by atoms with E-state index in [2.05, 4.69) is 42.2 Å². The first-order valence-corrected chi connectivity index (χ1v) is 8.67. The average molecular weight is 437 g/mol. The molecule has 0 fully saturated rings.